The van der Waals surface area contributed by atoms with E-state index in [0.29, 0.717) is 36.5 Å². The van der Waals surface area contributed by atoms with Crippen LogP contribution in [0.3, 0.4) is 0 Å². The average molecular weight is 456 g/mol. The summed E-state index contributed by atoms with van der Waals surface area (Å²) in [4.78, 5) is 27.8. The summed E-state index contributed by atoms with van der Waals surface area (Å²) in [5.41, 5.74) is 1.41. The highest BCUT2D eigenvalue weighted by molar-refractivity contribution is 9.10. The molecular weight excluding hydrogens is 436 g/mol. The fraction of sp³-hybridized carbons (Fsp3) is 0.368. The summed E-state index contributed by atoms with van der Waals surface area (Å²) in [5.74, 6) is -0.206. The van der Waals surface area contributed by atoms with Crippen molar-refractivity contribution in [1.29, 1.82) is 0 Å². The summed E-state index contributed by atoms with van der Waals surface area (Å²) in [6.07, 6.45) is -2.12. The molecule has 1 aromatic heterocycles. The lowest BCUT2D eigenvalue weighted by molar-refractivity contribution is -0.132. The highest BCUT2D eigenvalue weighted by atomic mass is 79.9. The fourth-order valence-corrected chi connectivity index (χ4v) is 3.30. The first-order chi connectivity index (χ1) is 13.4. The Hall–Kier alpha value is -2.26. The number of piperazine rings is 1. The number of amides is 2. The van der Waals surface area contributed by atoms with E-state index >= 15 is 0 Å². The van der Waals surface area contributed by atoms with Crippen LogP contribution in [0.1, 0.15) is 16.1 Å². The molecule has 0 saturated carbocycles. The van der Waals surface area contributed by atoms with Crippen molar-refractivity contribution < 1.29 is 22.8 Å². The first-order valence-electron chi connectivity index (χ1n) is 8.84. The van der Waals surface area contributed by atoms with Gasteiger partial charge in [0.25, 0.3) is 12.3 Å². The van der Waals surface area contributed by atoms with Crippen LogP contribution >= 0.6 is 15.9 Å². The Morgan fingerprint density at radius 3 is 2.32 bits per heavy atom. The van der Waals surface area contributed by atoms with E-state index in [-0.39, 0.29) is 30.5 Å². The summed E-state index contributed by atoms with van der Waals surface area (Å²) < 4.78 is 30.5. The van der Waals surface area contributed by atoms with Crippen molar-refractivity contribution in [3.8, 4) is 0 Å². The van der Waals surface area contributed by atoms with Crippen LogP contribution in [0.2, 0.25) is 0 Å². The Balaban J connectivity index is 1.49. The maximum Gasteiger partial charge on any atom is 0.291 e. The molecule has 150 valence electrons. The fourth-order valence-electron chi connectivity index (χ4n) is 3.00. The molecule has 2 amide bonds. The number of benzene rings is 1. The highest BCUT2D eigenvalue weighted by Gasteiger charge is 2.22. The molecular formula is C19H20BrF2N3O3. The molecule has 0 unspecified atom stereocenters. The van der Waals surface area contributed by atoms with Crippen molar-refractivity contribution in [1.82, 2.24) is 9.80 Å². The van der Waals surface area contributed by atoms with Gasteiger partial charge in [0.05, 0.1) is 13.0 Å². The van der Waals surface area contributed by atoms with Crippen molar-refractivity contribution in [3.63, 3.8) is 0 Å². The van der Waals surface area contributed by atoms with Gasteiger partial charge in [-0.3, -0.25) is 14.5 Å². The lowest BCUT2D eigenvalue weighted by Crippen LogP contribution is -2.50. The number of anilines is 1. The van der Waals surface area contributed by atoms with Gasteiger partial charge in [0, 0.05) is 31.9 Å². The Bertz CT molecular complexity index is 818. The van der Waals surface area contributed by atoms with Crippen molar-refractivity contribution in [3.05, 3.63) is 52.4 Å². The molecule has 0 aliphatic carbocycles. The SMILES string of the molecule is O=C(Nc1ccc(CC(=O)N2CCN(CC(F)F)CC2)cc1)c1ccc(Br)o1. The standard InChI is InChI=1S/C19H20BrF2N3O3/c20-16-6-5-15(28-16)19(27)23-14-3-1-13(2-4-14)11-18(26)25-9-7-24(8-10-25)12-17(21)22/h1-6,17H,7-12H2,(H,23,27). The average Bonchev–Trinajstić information content (AvgIpc) is 3.10. The second-order valence-electron chi connectivity index (χ2n) is 6.50. The Kier molecular flexibility index (Phi) is 6.79. The zero-order valence-corrected chi connectivity index (χ0v) is 16.6. The zero-order chi connectivity index (χ0) is 20.1. The van der Waals surface area contributed by atoms with Gasteiger partial charge in [-0.25, -0.2) is 8.78 Å². The van der Waals surface area contributed by atoms with Crippen LogP contribution in [-0.2, 0) is 11.2 Å². The van der Waals surface area contributed by atoms with E-state index in [0.717, 1.165) is 5.56 Å². The number of nitrogens with one attached hydrogen (secondary N) is 1. The zero-order valence-electron chi connectivity index (χ0n) is 15.0. The number of nitrogens with zero attached hydrogens (tertiary/aromatic N) is 2. The minimum atomic E-state index is -2.35. The Labute approximate surface area is 169 Å². The number of furan rings is 1. The third-order valence-electron chi connectivity index (χ3n) is 4.49. The van der Waals surface area contributed by atoms with Gasteiger partial charge in [-0.05, 0) is 45.8 Å². The van der Waals surface area contributed by atoms with Crippen LogP contribution in [0.15, 0.2) is 45.5 Å². The molecule has 1 saturated heterocycles. The highest BCUT2D eigenvalue weighted by Crippen LogP contribution is 2.17. The minimum absolute atomic E-state index is 0.0334. The van der Waals surface area contributed by atoms with Gasteiger partial charge >= 0.3 is 0 Å². The number of halogens is 3. The number of carbonyl (C=O) groups is 2. The molecule has 0 bridgehead atoms. The van der Waals surface area contributed by atoms with E-state index in [2.05, 4.69) is 21.2 Å². The molecule has 9 heteroatoms. The van der Waals surface area contributed by atoms with Crippen LogP contribution in [0.4, 0.5) is 14.5 Å². The molecule has 2 aromatic rings. The number of hydrogen-bond donors (Lipinski definition) is 1. The maximum atomic E-state index is 12.4. The van der Waals surface area contributed by atoms with Crippen molar-refractivity contribution >= 4 is 33.4 Å². The first-order valence-corrected chi connectivity index (χ1v) is 9.64. The topological polar surface area (TPSA) is 65.8 Å². The normalized spacial score (nSPS) is 15.1. The van der Waals surface area contributed by atoms with Crippen LogP contribution < -0.4 is 5.32 Å². The molecule has 1 fully saturated rings. The van der Waals surface area contributed by atoms with Gasteiger partial charge in [-0.2, -0.15) is 0 Å². The molecule has 0 atom stereocenters. The van der Waals surface area contributed by atoms with Gasteiger partial charge in [0.2, 0.25) is 5.91 Å². The van der Waals surface area contributed by atoms with E-state index in [4.69, 9.17) is 4.42 Å². The summed E-state index contributed by atoms with van der Waals surface area (Å²) in [6, 6.07) is 10.2. The van der Waals surface area contributed by atoms with Crippen molar-refractivity contribution in [2.24, 2.45) is 0 Å². The van der Waals surface area contributed by atoms with E-state index in [1.54, 1.807) is 46.2 Å². The molecule has 3 rings (SSSR count). The van der Waals surface area contributed by atoms with E-state index in [9.17, 15) is 18.4 Å². The Morgan fingerprint density at radius 1 is 1.07 bits per heavy atom. The maximum absolute atomic E-state index is 12.4. The molecule has 28 heavy (non-hydrogen) atoms. The lowest BCUT2D eigenvalue weighted by Gasteiger charge is -2.34. The molecule has 0 spiro atoms. The molecule has 1 aliphatic rings. The van der Waals surface area contributed by atoms with E-state index < -0.39 is 6.43 Å². The van der Waals surface area contributed by atoms with Crippen molar-refractivity contribution in [2.45, 2.75) is 12.8 Å². The largest absolute Gasteiger partial charge is 0.444 e. The Morgan fingerprint density at radius 2 is 1.75 bits per heavy atom. The number of rotatable bonds is 6. The monoisotopic (exact) mass is 455 g/mol. The molecule has 1 aromatic carbocycles. The number of hydrogen-bond acceptors (Lipinski definition) is 4. The van der Waals surface area contributed by atoms with Crippen LogP contribution in [0.25, 0.3) is 0 Å². The van der Waals surface area contributed by atoms with Crippen LogP contribution in [-0.4, -0.2) is 60.8 Å². The van der Waals surface area contributed by atoms with Gasteiger partial charge in [0.1, 0.15) is 0 Å². The van der Waals surface area contributed by atoms with Gasteiger partial charge < -0.3 is 14.6 Å². The first kappa shape index (κ1) is 20.5. The number of carbonyl (C=O) groups excluding carboxylic acids is 2. The molecule has 6 nitrogen and oxygen atoms in total. The summed E-state index contributed by atoms with van der Waals surface area (Å²) in [6.45, 7) is 1.59. The quantitative estimate of drug-likeness (QED) is 0.725. The van der Waals surface area contributed by atoms with Crippen LogP contribution in [0.5, 0.6) is 0 Å². The molecule has 0 radical (unpaired) electrons. The summed E-state index contributed by atoms with van der Waals surface area (Å²) >= 11 is 3.15. The third-order valence-corrected chi connectivity index (χ3v) is 4.91. The van der Waals surface area contributed by atoms with Crippen LogP contribution in [0, 0.1) is 0 Å². The third kappa shape index (κ3) is 5.62. The second kappa shape index (κ2) is 9.29. The molecule has 2 heterocycles. The lowest BCUT2D eigenvalue weighted by atomic mass is 10.1. The second-order valence-corrected chi connectivity index (χ2v) is 7.29. The molecule has 1 N–H and O–H groups in total. The molecule has 1 aliphatic heterocycles. The minimum Gasteiger partial charge on any atom is -0.444 e. The van der Waals surface area contributed by atoms with Crippen molar-refractivity contribution in [2.75, 3.05) is 38.0 Å². The predicted molar refractivity (Wildman–Crippen MR) is 104 cm³/mol. The van der Waals surface area contributed by atoms with Gasteiger partial charge in [0.15, 0.2) is 10.4 Å². The summed E-state index contributed by atoms with van der Waals surface area (Å²) in [7, 11) is 0. The van der Waals surface area contributed by atoms with E-state index in [1.165, 1.54) is 0 Å². The van der Waals surface area contributed by atoms with Gasteiger partial charge in [-0.1, -0.05) is 12.1 Å². The summed E-state index contributed by atoms with van der Waals surface area (Å²) in [5, 5.41) is 2.72. The van der Waals surface area contributed by atoms with E-state index in [1.807, 2.05) is 0 Å². The number of alkyl halides is 2. The van der Waals surface area contributed by atoms with Gasteiger partial charge in [-0.15, -0.1) is 0 Å². The smallest absolute Gasteiger partial charge is 0.291 e. The predicted octanol–water partition coefficient (Wildman–Crippen LogP) is 3.25.